The molecule has 2 aromatic rings. The highest BCUT2D eigenvalue weighted by molar-refractivity contribution is 5.17. The molecule has 0 amide bonds. The topological polar surface area (TPSA) is 12.5 Å². The van der Waals surface area contributed by atoms with Crippen LogP contribution in [-0.4, -0.2) is 24.7 Å². The molecule has 2 aromatic carbocycles. The summed E-state index contributed by atoms with van der Waals surface area (Å²) in [4.78, 5) is 2.46. The Bertz CT molecular complexity index is 518. The third-order valence-corrected chi connectivity index (χ3v) is 4.05. The predicted octanol–water partition coefficient (Wildman–Crippen LogP) is 5.14. The van der Waals surface area contributed by atoms with E-state index in [2.05, 4.69) is 86.3 Å². The second-order valence-corrected chi connectivity index (χ2v) is 7.60. The summed E-state index contributed by atoms with van der Waals surface area (Å²) in [6.07, 6.45) is 1.10. The maximum Gasteiger partial charge on any atom is 0.0593 e. The molecular formula is C22H31NO. The molecule has 0 saturated heterocycles. The Balaban J connectivity index is 1.85. The van der Waals surface area contributed by atoms with Gasteiger partial charge in [-0.2, -0.15) is 0 Å². The maximum absolute atomic E-state index is 5.87. The van der Waals surface area contributed by atoms with Crippen molar-refractivity contribution < 1.29 is 4.74 Å². The lowest BCUT2D eigenvalue weighted by atomic mass is 9.93. The first kappa shape index (κ1) is 18.7. The van der Waals surface area contributed by atoms with Crippen molar-refractivity contribution in [1.82, 2.24) is 4.90 Å². The average Bonchev–Trinajstić information content (AvgIpc) is 2.55. The second kappa shape index (κ2) is 9.61. The molecule has 0 aliphatic carbocycles. The summed E-state index contributed by atoms with van der Waals surface area (Å²) < 4.78 is 5.87. The standard InChI is InChI=1S/C22H31NO/c1-22(2,3)14-16-24-17-15-23(18-20-10-6-4-7-11-20)19-21-12-8-5-9-13-21/h4-13H,14-19H2,1-3H3. The van der Waals surface area contributed by atoms with Crippen LogP contribution in [0.1, 0.15) is 38.3 Å². The summed E-state index contributed by atoms with van der Waals surface area (Å²) in [7, 11) is 0. The van der Waals surface area contributed by atoms with Crippen LogP contribution in [0, 0.1) is 5.41 Å². The highest BCUT2D eigenvalue weighted by Gasteiger charge is 2.10. The third-order valence-electron chi connectivity index (χ3n) is 4.05. The minimum atomic E-state index is 0.341. The molecule has 0 heterocycles. The van der Waals surface area contributed by atoms with E-state index in [4.69, 9.17) is 4.74 Å². The molecule has 0 unspecified atom stereocenters. The number of rotatable bonds is 9. The molecule has 0 atom stereocenters. The zero-order valence-electron chi connectivity index (χ0n) is 15.4. The van der Waals surface area contributed by atoms with Crippen molar-refractivity contribution in [2.75, 3.05) is 19.8 Å². The summed E-state index contributed by atoms with van der Waals surface area (Å²) in [5.41, 5.74) is 3.04. The zero-order valence-corrected chi connectivity index (χ0v) is 15.4. The van der Waals surface area contributed by atoms with Crippen molar-refractivity contribution in [3.8, 4) is 0 Å². The Kier molecular flexibility index (Phi) is 7.48. The molecule has 0 spiro atoms. The number of nitrogens with zero attached hydrogens (tertiary/aromatic N) is 1. The van der Waals surface area contributed by atoms with E-state index in [1.165, 1.54) is 11.1 Å². The van der Waals surface area contributed by atoms with Gasteiger partial charge in [-0.15, -0.1) is 0 Å². The Morgan fingerprint density at radius 1 is 0.750 bits per heavy atom. The van der Waals surface area contributed by atoms with Crippen molar-refractivity contribution in [3.05, 3.63) is 71.8 Å². The Hall–Kier alpha value is -1.64. The van der Waals surface area contributed by atoms with E-state index in [0.29, 0.717) is 5.41 Å². The molecule has 0 aliphatic heterocycles. The SMILES string of the molecule is CC(C)(C)CCOCCN(Cc1ccccc1)Cc1ccccc1. The lowest BCUT2D eigenvalue weighted by Crippen LogP contribution is -2.27. The number of hydrogen-bond donors (Lipinski definition) is 0. The van der Waals surface area contributed by atoms with E-state index in [9.17, 15) is 0 Å². The second-order valence-electron chi connectivity index (χ2n) is 7.60. The summed E-state index contributed by atoms with van der Waals surface area (Å²) in [5, 5.41) is 0. The Morgan fingerprint density at radius 3 is 1.71 bits per heavy atom. The maximum atomic E-state index is 5.87. The van der Waals surface area contributed by atoms with Gasteiger partial charge >= 0.3 is 0 Å². The molecule has 2 nitrogen and oxygen atoms in total. The summed E-state index contributed by atoms with van der Waals surface area (Å²) in [6.45, 7) is 11.3. The molecular weight excluding hydrogens is 294 g/mol. The van der Waals surface area contributed by atoms with E-state index < -0.39 is 0 Å². The van der Waals surface area contributed by atoms with Gasteiger partial charge in [0.2, 0.25) is 0 Å². The lowest BCUT2D eigenvalue weighted by Gasteiger charge is -2.23. The molecule has 2 heteroatoms. The molecule has 0 aliphatic rings. The summed E-state index contributed by atoms with van der Waals surface area (Å²) >= 11 is 0. The van der Waals surface area contributed by atoms with E-state index in [0.717, 1.165) is 39.3 Å². The van der Waals surface area contributed by atoms with Gasteiger partial charge in [0, 0.05) is 26.2 Å². The van der Waals surface area contributed by atoms with Crippen LogP contribution in [0.3, 0.4) is 0 Å². The molecule has 0 fully saturated rings. The van der Waals surface area contributed by atoms with Gasteiger partial charge in [0.15, 0.2) is 0 Å². The first-order valence-electron chi connectivity index (χ1n) is 8.91. The molecule has 2 rings (SSSR count). The number of benzene rings is 2. The van der Waals surface area contributed by atoms with Gasteiger partial charge in [0.1, 0.15) is 0 Å². The molecule has 130 valence electrons. The monoisotopic (exact) mass is 325 g/mol. The molecule has 0 saturated carbocycles. The minimum Gasteiger partial charge on any atom is -0.380 e. The minimum absolute atomic E-state index is 0.341. The fourth-order valence-corrected chi connectivity index (χ4v) is 2.57. The average molecular weight is 325 g/mol. The van der Waals surface area contributed by atoms with Crippen LogP contribution in [0.4, 0.5) is 0 Å². The van der Waals surface area contributed by atoms with Crippen LogP contribution >= 0.6 is 0 Å². The van der Waals surface area contributed by atoms with Crippen LogP contribution in [0.5, 0.6) is 0 Å². The van der Waals surface area contributed by atoms with Crippen molar-refractivity contribution in [2.24, 2.45) is 5.41 Å². The number of ether oxygens (including phenoxy) is 1. The van der Waals surface area contributed by atoms with Gasteiger partial charge in [-0.05, 0) is 23.0 Å². The van der Waals surface area contributed by atoms with Gasteiger partial charge in [0.05, 0.1) is 6.61 Å². The predicted molar refractivity (Wildman–Crippen MR) is 102 cm³/mol. The number of hydrogen-bond acceptors (Lipinski definition) is 2. The van der Waals surface area contributed by atoms with E-state index >= 15 is 0 Å². The highest BCUT2D eigenvalue weighted by Crippen LogP contribution is 2.18. The summed E-state index contributed by atoms with van der Waals surface area (Å²) in [5.74, 6) is 0. The first-order valence-corrected chi connectivity index (χ1v) is 8.91. The van der Waals surface area contributed by atoms with Crippen LogP contribution in [0.15, 0.2) is 60.7 Å². The quantitative estimate of drug-likeness (QED) is 0.592. The van der Waals surface area contributed by atoms with Gasteiger partial charge in [-0.3, -0.25) is 4.90 Å². The fourth-order valence-electron chi connectivity index (χ4n) is 2.57. The van der Waals surface area contributed by atoms with Gasteiger partial charge in [-0.1, -0.05) is 81.4 Å². The highest BCUT2D eigenvalue weighted by atomic mass is 16.5. The summed E-state index contributed by atoms with van der Waals surface area (Å²) in [6, 6.07) is 21.3. The largest absolute Gasteiger partial charge is 0.380 e. The van der Waals surface area contributed by atoms with Crippen LogP contribution in [-0.2, 0) is 17.8 Å². The first-order chi connectivity index (χ1) is 11.5. The van der Waals surface area contributed by atoms with E-state index in [-0.39, 0.29) is 0 Å². The van der Waals surface area contributed by atoms with Crippen LogP contribution in [0.2, 0.25) is 0 Å². The molecule has 0 aromatic heterocycles. The third kappa shape index (κ3) is 7.76. The lowest BCUT2D eigenvalue weighted by molar-refractivity contribution is 0.0813. The van der Waals surface area contributed by atoms with Crippen molar-refractivity contribution >= 4 is 0 Å². The molecule has 24 heavy (non-hydrogen) atoms. The van der Waals surface area contributed by atoms with E-state index in [1.54, 1.807) is 0 Å². The Labute approximate surface area is 147 Å². The Morgan fingerprint density at radius 2 is 1.25 bits per heavy atom. The normalized spacial score (nSPS) is 11.8. The molecule has 0 radical (unpaired) electrons. The van der Waals surface area contributed by atoms with Crippen molar-refractivity contribution in [1.29, 1.82) is 0 Å². The van der Waals surface area contributed by atoms with Crippen LogP contribution in [0.25, 0.3) is 0 Å². The smallest absolute Gasteiger partial charge is 0.0593 e. The van der Waals surface area contributed by atoms with Gasteiger partial charge < -0.3 is 4.74 Å². The van der Waals surface area contributed by atoms with Gasteiger partial charge in [-0.25, -0.2) is 0 Å². The van der Waals surface area contributed by atoms with E-state index in [1.807, 2.05) is 0 Å². The van der Waals surface area contributed by atoms with Crippen LogP contribution < -0.4 is 0 Å². The zero-order chi connectivity index (χ0) is 17.3. The van der Waals surface area contributed by atoms with Gasteiger partial charge in [0.25, 0.3) is 0 Å². The fraction of sp³-hybridized carbons (Fsp3) is 0.455. The van der Waals surface area contributed by atoms with Crippen molar-refractivity contribution in [3.63, 3.8) is 0 Å². The van der Waals surface area contributed by atoms with Crippen molar-refractivity contribution in [2.45, 2.75) is 40.3 Å². The molecule has 0 N–H and O–H groups in total. The molecule has 0 bridgehead atoms.